The van der Waals surface area contributed by atoms with Gasteiger partial charge in [0.2, 0.25) is 0 Å². The van der Waals surface area contributed by atoms with E-state index in [9.17, 15) is 0 Å². The van der Waals surface area contributed by atoms with E-state index in [1.165, 1.54) is 38.8 Å². The van der Waals surface area contributed by atoms with Gasteiger partial charge in [0.1, 0.15) is 0 Å². The van der Waals surface area contributed by atoms with E-state index in [0.717, 1.165) is 12.1 Å². The van der Waals surface area contributed by atoms with E-state index in [1.807, 2.05) is 0 Å². The van der Waals surface area contributed by atoms with Crippen LogP contribution in [0.25, 0.3) is 0 Å². The molecule has 1 unspecified atom stereocenters. The van der Waals surface area contributed by atoms with Crippen LogP contribution in [0.15, 0.2) is 11.6 Å². The van der Waals surface area contributed by atoms with Gasteiger partial charge >= 0.3 is 0 Å². The molecule has 0 N–H and O–H groups in total. The molecule has 0 aromatic carbocycles. The molecule has 2 saturated heterocycles. The molecule has 2 heteroatoms. The minimum atomic E-state index is 0.327. The molecule has 0 amide bonds. The predicted molar refractivity (Wildman–Crippen MR) is 81.3 cm³/mol. The summed E-state index contributed by atoms with van der Waals surface area (Å²) >= 11 is 0. The van der Waals surface area contributed by atoms with Gasteiger partial charge in [-0.1, -0.05) is 11.6 Å². The van der Waals surface area contributed by atoms with Crippen molar-refractivity contribution in [1.82, 2.24) is 9.80 Å². The van der Waals surface area contributed by atoms with E-state index >= 15 is 0 Å². The largest absolute Gasteiger partial charge is 0.306 e. The first-order valence-electron chi connectivity index (χ1n) is 7.99. The van der Waals surface area contributed by atoms with E-state index < -0.39 is 0 Å². The fourth-order valence-electron chi connectivity index (χ4n) is 4.65. The third-order valence-electron chi connectivity index (χ3n) is 5.46. The molecule has 0 aromatic rings. The fraction of sp³-hybridized carbons (Fsp3) is 0.882. The first kappa shape index (κ1) is 13.6. The molecule has 0 bridgehead atoms. The molecule has 0 aromatic heterocycles. The molecule has 2 heterocycles. The molecule has 0 spiro atoms. The van der Waals surface area contributed by atoms with Crippen molar-refractivity contribution in [2.45, 2.75) is 71.0 Å². The zero-order chi connectivity index (χ0) is 13.8. The Hall–Kier alpha value is -0.340. The SMILES string of the molecule is C[C@@H]1C[C@@]2(C=C3CCN(C)CC3)CC2N1C(C)(C)C. The van der Waals surface area contributed by atoms with Crippen LogP contribution < -0.4 is 0 Å². The third-order valence-corrected chi connectivity index (χ3v) is 5.46. The van der Waals surface area contributed by atoms with E-state index in [4.69, 9.17) is 0 Å². The van der Waals surface area contributed by atoms with Gasteiger partial charge in [0.05, 0.1) is 0 Å². The monoisotopic (exact) mass is 262 g/mol. The molecule has 1 aliphatic carbocycles. The van der Waals surface area contributed by atoms with Gasteiger partial charge in [-0.25, -0.2) is 0 Å². The van der Waals surface area contributed by atoms with Crippen LogP contribution in [0.1, 0.15) is 53.4 Å². The topological polar surface area (TPSA) is 6.48 Å². The number of hydrogen-bond donors (Lipinski definition) is 0. The normalized spacial score (nSPS) is 40.4. The average Bonchev–Trinajstić information content (AvgIpc) is 2.85. The van der Waals surface area contributed by atoms with Gasteiger partial charge in [0, 0.05) is 36.1 Å². The van der Waals surface area contributed by atoms with Crippen molar-refractivity contribution in [3.63, 3.8) is 0 Å². The molecule has 1 saturated carbocycles. The lowest BCUT2D eigenvalue weighted by atomic mass is 9.93. The van der Waals surface area contributed by atoms with Crippen LogP contribution in [0.5, 0.6) is 0 Å². The van der Waals surface area contributed by atoms with Crippen molar-refractivity contribution in [3.8, 4) is 0 Å². The standard InChI is InChI=1S/C17H30N2/c1-13-10-17(11-14-6-8-18(5)9-7-14)12-15(17)19(13)16(2,3)4/h11,13,15H,6-10,12H2,1-5H3/t13-,15?,17-/m1/s1. The number of hydrogen-bond acceptors (Lipinski definition) is 2. The Bertz CT molecular complexity index is 383. The lowest BCUT2D eigenvalue weighted by molar-refractivity contribution is 0.104. The summed E-state index contributed by atoms with van der Waals surface area (Å²) in [4.78, 5) is 5.23. The number of piperidine rings is 2. The summed E-state index contributed by atoms with van der Waals surface area (Å²) in [5.74, 6) is 0. The maximum absolute atomic E-state index is 2.78. The van der Waals surface area contributed by atoms with Crippen LogP contribution in [-0.2, 0) is 0 Å². The highest BCUT2D eigenvalue weighted by atomic mass is 15.3. The second-order valence-corrected chi connectivity index (χ2v) is 8.19. The zero-order valence-corrected chi connectivity index (χ0v) is 13.4. The summed E-state index contributed by atoms with van der Waals surface area (Å²) in [6, 6.07) is 1.58. The summed E-state index contributed by atoms with van der Waals surface area (Å²) in [6.07, 6.45) is 8.10. The smallest absolute Gasteiger partial charge is 0.0204 e. The molecule has 19 heavy (non-hydrogen) atoms. The van der Waals surface area contributed by atoms with Crippen molar-refractivity contribution < 1.29 is 0 Å². The molecular formula is C17H30N2. The summed E-state index contributed by atoms with van der Waals surface area (Å²) in [7, 11) is 2.24. The van der Waals surface area contributed by atoms with Crippen molar-refractivity contribution in [2.24, 2.45) is 5.41 Å². The van der Waals surface area contributed by atoms with E-state index in [0.29, 0.717) is 11.0 Å². The summed E-state index contributed by atoms with van der Waals surface area (Å²) in [5, 5.41) is 0. The fourth-order valence-corrected chi connectivity index (χ4v) is 4.65. The molecule has 2 aliphatic heterocycles. The maximum Gasteiger partial charge on any atom is 0.0204 e. The Morgan fingerprint density at radius 2 is 1.79 bits per heavy atom. The van der Waals surface area contributed by atoms with E-state index in [2.05, 4.69) is 50.6 Å². The minimum Gasteiger partial charge on any atom is -0.306 e. The van der Waals surface area contributed by atoms with Gasteiger partial charge in [-0.3, -0.25) is 4.90 Å². The lowest BCUT2D eigenvalue weighted by Crippen LogP contribution is -2.45. The number of fused-ring (bicyclic) bond motifs is 1. The van der Waals surface area contributed by atoms with Crippen LogP contribution >= 0.6 is 0 Å². The number of nitrogens with zero attached hydrogens (tertiary/aromatic N) is 2. The Morgan fingerprint density at radius 3 is 2.32 bits per heavy atom. The number of rotatable bonds is 1. The highest BCUT2D eigenvalue weighted by Gasteiger charge is 2.63. The summed E-state index contributed by atoms with van der Waals surface area (Å²) in [5.41, 5.74) is 2.62. The molecular weight excluding hydrogens is 232 g/mol. The van der Waals surface area contributed by atoms with Gasteiger partial charge in [-0.05, 0) is 60.4 Å². The molecule has 0 radical (unpaired) electrons. The van der Waals surface area contributed by atoms with Gasteiger partial charge < -0.3 is 4.90 Å². The maximum atomic E-state index is 2.78. The lowest BCUT2D eigenvalue weighted by Gasteiger charge is -2.37. The second-order valence-electron chi connectivity index (χ2n) is 8.19. The summed E-state index contributed by atoms with van der Waals surface area (Å²) < 4.78 is 0. The molecule has 3 aliphatic rings. The second kappa shape index (κ2) is 4.33. The number of likely N-dealkylation sites (tertiary alicyclic amines) is 2. The highest BCUT2D eigenvalue weighted by Crippen LogP contribution is 2.62. The average molecular weight is 262 g/mol. The van der Waals surface area contributed by atoms with E-state index in [1.54, 1.807) is 5.57 Å². The quantitative estimate of drug-likeness (QED) is 0.669. The predicted octanol–water partition coefficient (Wildman–Crippen LogP) is 3.29. The molecule has 3 atom stereocenters. The van der Waals surface area contributed by atoms with Crippen molar-refractivity contribution in [2.75, 3.05) is 20.1 Å². The van der Waals surface area contributed by atoms with Crippen LogP contribution in [-0.4, -0.2) is 47.6 Å². The van der Waals surface area contributed by atoms with Gasteiger partial charge in [-0.2, -0.15) is 0 Å². The van der Waals surface area contributed by atoms with E-state index in [-0.39, 0.29) is 0 Å². The van der Waals surface area contributed by atoms with Crippen molar-refractivity contribution >= 4 is 0 Å². The minimum absolute atomic E-state index is 0.327. The Morgan fingerprint density at radius 1 is 1.16 bits per heavy atom. The molecule has 108 valence electrons. The molecule has 2 nitrogen and oxygen atoms in total. The Labute approximate surface area is 118 Å². The van der Waals surface area contributed by atoms with Crippen LogP contribution in [0.2, 0.25) is 0 Å². The molecule has 3 rings (SSSR count). The summed E-state index contributed by atoms with van der Waals surface area (Å²) in [6.45, 7) is 12.1. The van der Waals surface area contributed by atoms with Crippen molar-refractivity contribution in [3.05, 3.63) is 11.6 Å². The first-order chi connectivity index (χ1) is 8.82. The Balaban J connectivity index is 1.73. The highest BCUT2D eigenvalue weighted by molar-refractivity contribution is 5.29. The Kier molecular flexibility index (Phi) is 3.10. The third kappa shape index (κ3) is 2.38. The van der Waals surface area contributed by atoms with Gasteiger partial charge in [0.25, 0.3) is 0 Å². The zero-order valence-electron chi connectivity index (χ0n) is 13.4. The first-order valence-corrected chi connectivity index (χ1v) is 7.99. The van der Waals surface area contributed by atoms with Gasteiger partial charge in [-0.15, -0.1) is 0 Å². The van der Waals surface area contributed by atoms with Crippen LogP contribution in [0, 0.1) is 5.41 Å². The van der Waals surface area contributed by atoms with Crippen molar-refractivity contribution in [1.29, 1.82) is 0 Å². The molecule has 3 fully saturated rings. The van der Waals surface area contributed by atoms with Gasteiger partial charge in [0.15, 0.2) is 0 Å². The van der Waals surface area contributed by atoms with Crippen LogP contribution in [0.4, 0.5) is 0 Å². The van der Waals surface area contributed by atoms with Crippen LogP contribution in [0.3, 0.4) is 0 Å².